The molecule has 2 unspecified atom stereocenters. The zero-order valence-electron chi connectivity index (χ0n) is 48.0. The van der Waals surface area contributed by atoms with Gasteiger partial charge in [0.15, 0.2) is 6.10 Å². The summed E-state index contributed by atoms with van der Waals surface area (Å²) < 4.78 is 34.1. The van der Waals surface area contributed by atoms with Crippen LogP contribution in [0.15, 0.2) is 109 Å². The summed E-state index contributed by atoms with van der Waals surface area (Å²) in [6, 6.07) is 0. The normalized spacial score (nSPS) is 14.1. The predicted molar refractivity (Wildman–Crippen MR) is 314 cm³/mol. The average Bonchev–Trinajstić information content (AvgIpc) is 3.36. The number of phosphoric acid groups is 1. The van der Waals surface area contributed by atoms with E-state index in [1.165, 1.54) is 89.9 Å². The number of carbonyl (C=O) groups is 2. The van der Waals surface area contributed by atoms with Crippen LogP contribution >= 0.6 is 7.82 Å². The minimum atomic E-state index is -4.65. The summed E-state index contributed by atoms with van der Waals surface area (Å²) in [5, 5.41) is 0. The van der Waals surface area contributed by atoms with E-state index in [9.17, 15) is 19.0 Å². The second-order valence-electron chi connectivity index (χ2n) is 20.6. The van der Waals surface area contributed by atoms with E-state index < -0.39 is 32.5 Å². The van der Waals surface area contributed by atoms with Crippen molar-refractivity contribution in [2.45, 2.75) is 238 Å². The summed E-state index contributed by atoms with van der Waals surface area (Å²) in [7, 11) is 1.14. The Bertz CT molecular complexity index is 1620. The Morgan fingerprint density at radius 2 is 0.770 bits per heavy atom. The quantitative estimate of drug-likeness (QED) is 0.0195. The first-order valence-electron chi connectivity index (χ1n) is 29.6. The molecule has 0 rings (SSSR count). The predicted octanol–water partition coefficient (Wildman–Crippen LogP) is 18.0. The summed E-state index contributed by atoms with van der Waals surface area (Å²) in [5.74, 6) is -0.856. The number of likely N-dealkylation sites (N-methyl/N-ethyl adjacent to an activating group) is 1. The number of allylic oxidation sites excluding steroid dienone is 18. The van der Waals surface area contributed by atoms with Crippen molar-refractivity contribution in [3.8, 4) is 0 Å². The highest BCUT2D eigenvalue weighted by Crippen LogP contribution is 2.38. The number of carbonyl (C=O) groups excluding carboxylic acids is 2. The lowest BCUT2D eigenvalue weighted by atomic mass is 10.1. The lowest BCUT2D eigenvalue weighted by molar-refractivity contribution is -0.870. The molecule has 10 heteroatoms. The van der Waals surface area contributed by atoms with Crippen molar-refractivity contribution in [3.63, 3.8) is 0 Å². The molecule has 0 heterocycles. The molecule has 0 aliphatic heterocycles. The number of nitrogens with zero attached hydrogens (tertiary/aromatic N) is 1. The molecule has 0 bridgehead atoms. The summed E-state index contributed by atoms with van der Waals surface area (Å²) in [6.45, 7) is 4.10. The molecule has 0 N–H and O–H groups in total. The highest BCUT2D eigenvalue weighted by atomic mass is 31.2. The largest absolute Gasteiger partial charge is 0.756 e. The van der Waals surface area contributed by atoms with Gasteiger partial charge in [0.05, 0.1) is 27.7 Å². The van der Waals surface area contributed by atoms with Crippen molar-refractivity contribution >= 4 is 19.8 Å². The molecular weight excluding hydrogens is 942 g/mol. The van der Waals surface area contributed by atoms with Gasteiger partial charge in [0.2, 0.25) is 0 Å². The van der Waals surface area contributed by atoms with Gasteiger partial charge in [-0.1, -0.05) is 226 Å². The second kappa shape index (κ2) is 54.5. The van der Waals surface area contributed by atoms with Gasteiger partial charge < -0.3 is 27.9 Å². The molecule has 0 saturated heterocycles. The first-order chi connectivity index (χ1) is 36.0. The Kier molecular flexibility index (Phi) is 52.0. The summed E-state index contributed by atoms with van der Waals surface area (Å²) >= 11 is 0. The van der Waals surface area contributed by atoms with Crippen LogP contribution in [0.4, 0.5) is 0 Å². The lowest BCUT2D eigenvalue weighted by Crippen LogP contribution is -2.37. The maximum absolute atomic E-state index is 12.8. The van der Waals surface area contributed by atoms with E-state index in [2.05, 4.69) is 123 Å². The zero-order chi connectivity index (χ0) is 54.2. The molecule has 0 fully saturated rings. The number of hydrogen-bond donors (Lipinski definition) is 0. The van der Waals surface area contributed by atoms with Crippen LogP contribution in [0.3, 0.4) is 0 Å². The van der Waals surface area contributed by atoms with Crippen LogP contribution in [0.25, 0.3) is 0 Å². The third kappa shape index (κ3) is 57.9. The fraction of sp³-hybridized carbons (Fsp3) is 0.688. The molecule has 0 radical (unpaired) electrons. The molecule has 0 aliphatic rings. The van der Waals surface area contributed by atoms with Crippen LogP contribution in [-0.4, -0.2) is 70.0 Å². The molecule has 9 nitrogen and oxygen atoms in total. The van der Waals surface area contributed by atoms with E-state index in [0.29, 0.717) is 17.4 Å². The molecule has 0 saturated carbocycles. The number of unbranched alkanes of at least 4 members (excludes halogenated alkanes) is 21. The second-order valence-corrected chi connectivity index (χ2v) is 22.0. The Morgan fingerprint density at radius 1 is 0.432 bits per heavy atom. The van der Waals surface area contributed by atoms with Crippen LogP contribution in [0.1, 0.15) is 232 Å². The van der Waals surface area contributed by atoms with Crippen LogP contribution in [0.5, 0.6) is 0 Å². The van der Waals surface area contributed by atoms with Crippen LogP contribution in [-0.2, 0) is 32.7 Å². The molecule has 0 aromatic rings. The number of rotatable bonds is 53. The minimum Gasteiger partial charge on any atom is -0.756 e. The van der Waals surface area contributed by atoms with Gasteiger partial charge in [0, 0.05) is 12.8 Å². The van der Waals surface area contributed by atoms with Crippen LogP contribution in [0, 0.1) is 0 Å². The monoisotopic (exact) mass is 1050 g/mol. The first kappa shape index (κ1) is 70.7. The van der Waals surface area contributed by atoms with Gasteiger partial charge in [-0.25, -0.2) is 0 Å². The molecule has 424 valence electrons. The molecule has 0 spiro atoms. The van der Waals surface area contributed by atoms with Gasteiger partial charge in [-0.05, 0) is 103 Å². The number of phosphoric ester groups is 1. The van der Waals surface area contributed by atoms with Gasteiger partial charge >= 0.3 is 11.9 Å². The summed E-state index contributed by atoms with van der Waals surface area (Å²) in [5.41, 5.74) is 0. The molecular formula is C64H110NO8P. The molecule has 0 aliphatic carbocycles. The Hall–Kier alpha value is -3.33. The smallest absolute Gasteiger partial charge is 0.306 e. The number of quaternary nitrogens is 1. The zero-order valence-corrected chi connectivity index (χ0v) is 48.9. The summed E-state index contributed by atoms with van der Waals surface area (Å²) in [6.07, 6.45) is 75.6. The van der Waals surface area contributed by atoms with E-state index in [1.54, 1.807) is 0 Å². The molecule has 74 heavy (non-hydrogen) atoms. The molecule has 0 aromatic carbocycles. The Labute approximate surface area is 455 Å². The minimum absolute atomic E-state index is 0.0396. The van der Waals surface area contributed by atoms with Crippen molar-refractivity contribution < 1.29 is 42.1 Å². The van der Waals surface area contributed by atoms with Crippen molar-refractivity contribution in [1.29, 1.82) is 0 Å². The van der Waals surface area contributed by atoms with E-state index in [-0.39, 0.29) is 26.1 Å². The van der Waals surface area contributed by atoms with Crippen LogP contribution in [0.2, 0.25) is 0 Å². The highest BCUT2D eigenvalue weighted by molar-refractivity contribution is 7.45. The third-order valence-electron chi connectivity index (χ3n) is 12.3. The van der Waals surface area contributed by atoms with E-state index in [0.717, 1.165) is 109 Å². The number of hydrogen-bond acceptors (Lipinski definition) is 8. The average molecular weight is 1050 g/mol. The maximum atomic E-state index is 12.8. The van der Waals surface area contributed by atoms with Crippen LogP contribution < -0.4 is 4.89 Å². The van der Waals surface area contributed by atoms with E-state index >= 15 is 0 Å². The topological polar surface area (TPSA) is 111 Å². The van der Waals surface area contributed by atoms with Crippen molar-refractivity contribution in [2.24, 2.45) is 0 Å². The van der Waals surface area contributed by atoms with Gasteiger partial charge in [-0.2, -0.15) is 0 Å². The highest BCUT2D eigenvalue weighted by Gasteiger charge is 2.21. The number of ether oxygens (including phenoxy) is 2. The van der Waals surface area contributed by atoms with E-state index in [1.807, 2.05) is 21.1 Å². The lowest BCUT2D eigenvalue weighted by Gasteiger charge is -2.28. The maximum Gasteiger partial charge on any atom is 0.306 e. The van der Waals surface area contributed by atoms with Crippen molar-refractivity contribution in [1.82, 2.24) is 0 Å². The Balaban J connectivity index is 4.23. The first-order valence-corrected chi connectivity index (χ1v) is 31.1. The van der Waals surface area contributed by atoms with Gasteiger partial charge in [-0.15, -0.1) is 0 Å². The third-order valence-corrected chi connectivity index (χ3v) is 13.2. The van der Waals surface area contributed by atoms with Gasteiger partial charge in [0.25, 0.3) is 7.82 Å². The molecule has 2 atom stereocenters. The molecule has 0 amide bonds. The fourth-order valence-electron chi connectivity index (χ4n) is 7.72. The van der Waals surface area contributed by atoms with Crippen molar-refractivity contribution in [2.75, 3.05) is 47.5 Å². The van der Waals surface area contributed by atoms with E-state index in [4.69, 9.17) is 18.5 Å². The van der Waals surface area contributed by atoms with Gasteiger partial charge in [-0.3, -0.25) is 14.2 Å². The van der Waals surface area contributed by atoms with Gasteiger partial charge in [0.1, 0.15) is 19.8 Å². The number of esters is 2. The molecule has 0 aromatic heterocycles. The SMILES string of the molecule is CC/C=C\C/C=C\C/C=C\C/C=C\C/C=C\C/C=C\C/C=C\C/C=C\CCCCCCCCC(=O)OC(COC(=O)CCCCCCCCCCC/C=C\CCCCCCCC)COP(=O)([O-])OCC[N+](C)(C)C. The van der Waals surface area contributed by atoms with Crippen molar-refractivity contribution in [3.05, 3.63) is 109 Å². The summed E-state index contributed by atoms with van der Waals surface area (Å²) in [4.78, 5) is 37.9. The Morgan fingerprint density at radius 3 is 1.16 bits per heavy atom. The standard InChI is InChI=1S/C64H110NO8P/c1-6-8-10-12-14-16-18-20-22-24-26-27-28-29-30-31-32-33-34-35-36-37-39-41-43-45-47-49-51-53-55-57-64(67)73-62(61-72-74(68,69)71-59-58-65(3,4)5)60-70-63(66)56-54-52-50-48-46-44-42-40-38-25-23-21-19-17-15-13-11-9-7-2/h8,10,14,16,20-23,26-27,29-30,32-33,35-36,39,41,62H,6-7,9,11-13,15,17-19,24-25,28,31,34,37-38,40,42-61H2,1-5H3/b10-8-,16-14-,22-20-,23-21-,27-26-,30-29-,33-32-,36-35-,41-39-. The fourth-order valence-corrected chi connectivity index (χ4v) is 8.45.